The standard InChI is InChI=1S/8C10H22.C4H6O/c8*1-3-5-7-9-10-8-6-4-2;1-3-5-4-2/h8*3-10H2,1-2H3;3-4H,1-2H2. The lowest BCUT2D eigenvalue weighted by Crippen LogP contribution is -1.77. The molecule has 0 amide bonds. The molecule has 0 aliphatic carbocycles. The highest BCUT2D eigenvalue weighted by molar-refractivity contribution is 4.57. The molecular weight excluding hydrogens is 1020 g/mol. The lowest BCUT2D eigenvalue weighted by Gasteiger charge is -1.97. The van der Waals surface area contributed by atoms with E-state index in [0.717, 1.165) is 0 Å². The molecule has 0 aromatic heterocycles. The quantitative estimate of drug-likeness (QED) is 0.0436. The van der Waals surface area contributed by atoms with Crippen LogP contribution in [0.25, 0.3) is 0 Å². The molecule has 0 saturated carbocycles. The van der Waals surface area contributed by atoms with Crippen LogP contribution in [0.2, 0.25) is 0 Å². The first-order valence-corrected chi connectivity index (χ1v) is 40.6. The van der Waals surface area contributed by atoms with Crippen molar-refractivity contribution in [2.75, 3.05) is 0 Å². The molecule has 0 N–H and O–H groups in total. The Morgan fingerprint density at radius 1 is 0.129 bits per heavy atom. The van der Waals surface area contributed by atoms with Crippen molar-refractivity contribution in [2.45, 2.75) is 522 Å². The Morgan fingerprint density at radius 3 is 0.224 bits per heavy atom. The maximum atomic E-state index is 4.36. The van der Waals surface area contributed by atoms with Gasteiger partial charge in [-0.05, 0) is 0 Å². The summed E-state index contributed by atoms with van der Waals surface area (Å²) in [4.78, 5) is 0. The predicted octanol–water partition coefficient (Wildman–Crippen LogP) is 34.5. The van der Waals surface area contributed by atoms with Crippen LogP contribution in [0.4, 0.5) is 0 Å². The Hall–Kier alpha value is -0.720. The molecule has 1 heteroatoms. The van der Waals surface area contributed by atoms with Gasteiger partial charge in [-0.15, -0.1) is 0 Å². The van der Waals surface area contributed by atoms with Crippen LogP contribution in [0.5, 0.6) is 0 Å². The number of hydrogen-bond acceptors (Lipinski definition) is 1. The molecule has 0 saturated heterocycles. The summed E-state index contributed by atoms with van der Waals surface area (Å²) in [6, 6.07) is 0. The molecule has 0 aromatic rings. The molecule has 0 radical (unpaired) electrons. The van der Waals surface area contributed by atoms with Crippen molar-refractivity contribution in [3.8, 4) is 0 Å². The molecule has 0 rings (SSSR count). The van der Waals surface area contributed by atoms with E-state index < -0.39 is 0 Å². The minimum Gasteiger partial charge on any atom is -0.474 e. The third-order valence-electron chi connectivity index (χ3n) is 15.8. The average Bonchev–Trinajstić information content (AvgIpc) is 3.52. The van der Waals surface area contributed by atoms with Crippen molar-refractivity contribution in [2.24, 2.45) is 0 Å². The Balaban J connectivity index is -0.000000110. The van der Waals surface area contributed by atoms with Gasteiger partial charge in [-0.3, -0.25) is 0 Å². The SMILES string of the molecule is C=COC=C.CCCCCCCCCC.CCCCCCCCCC.CCCCCCCCCC.CCCCCCCCCC.CCCCCCCCCC.CCCCCCCCCC.CCCCCCCCCC.CCCCCCCCCC. The zero-order chi connectivity index (χ0) is 65.4. The van der Waals surface area contributed by atoms with Gasteiger partial charge in [-0.25, -0.2) is 0 Å². The molecule has 0 aliphatic heterocycles. The number of unbranched alkanes of at least 4 members (excludes halogenated alkanes) is 56. The molecule has 1 nitrogen and oxygen atoms in total. The molecule has 85 heavy (non-hydrogen) atoms. The van der Waals surface area contributed by atoms with Gasteiger partial charge in [-0.1, -0.05) is 535 Å². The monoisotopic (exact) mass is 1210 g/mol. The highest BCUT2D eigenvalue weighted by Gasteiger charge is 1.93. The van der Waals surface area contributed by atoms with E-state index in [2.05, 4.69) is 129 Å². The van der Waals surface area contributed by atoms with Crippen LogP contribution in [0.15, 0.2) is 25.7 Å². The molecule has 524 valence electrons. The number of hydrogen-bond donors (Lipinski definition) is 0. The minimum atomic E-state index is 1.31. The predicted molar refractivity (Wildman–Crippen MR) is 408 cm³/mol. The van der Waals surface area contributed by atoms with Gasteiger partial charge in [0.25, 0.3) is 0 Å². The van der Waals surface area contributed by atoms with E-state index in [9.17, 15) is 0 Å². The van der Waals surface area contributed by atoms with Crippen molar-refractivity contribution in [3.05, 3.63) is 25.7 Å². The summed E-state index contributed by atoms with van der Waals surface area (Å²) < 4.78 is 4.36. The fourth-order valence-electron chi connectivity index (χ4n) is 9.72. The molecule has 0 aromatic carbocycles. The molecule has 0 aliphatic rings. The smallest absolute Gasteiger partial charge is 0.0829 e. The fraction of sp³-hybridized carbons (Fsp3) is 0.952. The van der Waals surface area contributed by atoms with E-state index in [4.69, 9.17) is 0 Å². The van der Waals surface area contributed by atoms with Crippen LogP contribution >= 0.6 is 0 Å². The Kier molecular flexibility index (Phi) is 156. The minimum absolute atomic E-state index is 1.31. The van der Waals surface area contributed by atoms with E-state index >= 15 is 0 Å². The van der Waals surface area contributed by atoms with Gasteiger partial charge in [0.1, 0.15) is 0 Å². The lowest BCUT2D eigenvalue weighted by atomic mass is 10.1. The maximum Gasteiger partial charge on any atom is 0.0829 e. The zero-order valence-electron chi connectivity index (χ0n) is 64.2. The highest BCUT2D eigenvalue weighted by atomic mass is 16.5. The van der Waals surface area contributed by atoms with E-state index in [1.54, 1.807) is 0 Å². The summed E-state index contributed by atoms with van der Waals surface area (Å²) in [7, 11) is 0. The first-order valence-electron chi connectivity index (χ1n) is 40.6. The van der Waals surface area contributed by atoms with Gasteiger partial charge in [-0.2, -0.15) is 0 Å². The van der Waals surface area contributed by atoms with Crippen molar-refractivity contribution in [3.63, 3.8) is 0 Å². The topological polar surface area (TPSA) is 9.23 Å². The van der Waals surface area contributed by atoms with Crippen LogP contribution < -0.4 is 0 Å². The Bertz CT molecular complexity index is 615. The summed E-state index contributed by atoms with van der Waals surface area (Å²) in [5, 5.41) is 0. The third-order valence-corrected chi connectivity index (χ3v) is 15.8. The summed E-state index contributed by atoms with van der Waals surface area (Å²) >= 11 is 0. The fourth-order valence-corrected chi connectivity index (χ4v) is 9.72. The average molecular weight is 1210 g/mol. The zero-order valence-corrected chi connectivity index (χ0v) is 64.2. The van der Waals surface area contributed by atoms with Crippen LogP contribution in [-0.4, -0.2) is 0 Å². The highest BCUT2D eigenvalue weighted by Crippen LogP contribution is 2.13. The van der Waals surface area contributed by atoms with Gasteiger partial charge in [0.05, 0.1) is 12.5 Å². The Morgan fingerprint density at radius 2 is 0.188 bits per heavy atom. The Labute approximate surface area is 549 Å². The van der Waals surface area contributed by atoms with Crippen molar-refractivity contribution >= 4 is 0 Å². The van der Waals surface area contributed by atoms with Crippen molar-refractivity contribution in [1.29, 1.82) is 0 Å². The van der Waals surface area contributed by atoms with E-state index in [1.165, 1.54) is 423 Å². The molecular formula is C84H182O. The summed E-state index contributed by atoms with van der Waals surface area (Å²) in [5.74, 6) is 0. The van der Waals surface area contributed by atoms with E-state index in [0.29, 0.717) is 0 Å². The second-order valence-electron chi connectivity index (χ2n) is 25.4. The van der Waals surface area contributed by atoms with Crippen LogP contribution in [0.3, 0.4) is 0 Å². The summed E-state index contributed by atoms with van der Waals surface area (Å²) in [5.41, 5.74) is 0. The van der Waals surface area contributed by atoms with Gasteiger partial charge in [0, 0.05) is 0 Å². The first kappa shape index (κ1) is 103. The van der Waals surface area contributed by atoms with E-state index in [1.807, 2.05) is 0 Å². The molecule has 0 heterocycles. The third kappa shape index (κ3) is 168. The molecule has 0 unspecified atom stereocenters. The maximum absolute atomic E-state index is 4.36. The summed E-state index contributed by atoms with van der Waals surface area (Å²) in [6.07, 6.45) is 94.3. The molecule has 0 bridgehead atoms. The second-order valence-corrected chi connectivity index (χ2v) is 25.4. The van der Waals surface area contributed by atoms with Crippen LogP contribution in [0.1, 0.15) is 522 Å². The largest absolute Gasteiger partial charge is 0.474 e. The van der Waals surface area contributed by atoms with Crippen LogP contribution in [0, 0.1) is 0 Å². The molecule has 0 fully saturated rings. The van der Waals surface area contributed by atoms with Gasteiger partial charge in [0.15, 0.2) is 0 Å². The first-order chi connectivity index (χ1) is 41.7. The normalized spacial score (nSPS) is 9.93. The van der Waals surface area contributed by atoms with Crippen molar-refractivity contribution in [1.82, 2.24) is 0 Å². The van der Waals surface area contributed by atoms with Crippen LogP contribution in [-0.2, 0) is 4.74 Å². The second kappa shape index (κ2) is 128. The van der Waals surface area contributed by atoms with Crippen molar-refractivity contribution < 1.29 is 4.74 Å². The molecule has 0 atom stereocenters. The van der Waals surface area contributed by atoms with Gasteiger partial charge in [0.2, 0.25) is 0 Å². The lowest BCUT2D eigenvalue weighted by molar-refractivity contribution is 0.406. The molecule has 0 spiro atoms. The van der Waals surface area contributed by atoms with Gasteiger partial charge >= 0.3 is 0 Å². The number of ether oxygens (including phenoxy) is 1. The summed E-state index contributed by atoms with van der Waals surface area (Å²) in [6.45, 7) is 42.8. The number of rotatable bonds is 58. The van der Waals surface area contributed by atoms with Gasteiger partial charge < -0.3 is 4.74 Å². The van der Waals surface area contributed by atoms with E-state index in [-0.39, 0.29) is 0 Å².